The van der Waals surface area contributed by atoms with Crippen LogP contribution in [0.2, 0.25) is 0 Å². The minimum Gasteiger partial charge on any atom is -0.480 e. The van der Waals surface area contributed by atoms with Crippen molar-refractivity contribution in [2.45, 2.75) is 18.4 Å². The maximum Gasteiger partial charge on any atom is 0.322 e. The standard InChI is InChI=1S/C25H22N2O3/c28-23(29)14-26-25(30)16-11-12-22-21(13-16)18-8-4-10-20(18)24(27-22)19-9-3-6-15-5-1-2-7-17(15)19/h1-9,11-13,18,20,24,27H,10,14H2,(H,26,30)(H,28,29). The molecule has 3 unspecified atom stereocenters. The molecule has 1 heterocycles. The summed E-state index contributed by atoms with van der Waals surface area (Å²) in [5.41, 5.74) is 3.89. The summed E-state index contributed by atoms with van der Waals surface area (Å²) in [6.07, 6.45) is 5.43. The van der Waals surface area contributed by atoms with Crippen LogP contribution in [0, 0.1) is 5.92 Å². The van der Waals surface area contributed by atoms with Crippen LogP contribution in [0.1, 0.15) is 39.9 Å². The number of carbonyl (C=O) groups excluding carboxylic acids is 1. The first-order valence-electron chi connectivity index (χ1n) is 10.2. The Morgan fingerprint density at radius 1 is 1.03 bits per heavy atom. The molecule has 5 heteroatoms. The highest BCUT2D eigenvalue weighted by Gasteiger charge is 2.38. The summed E-state index contributed by atoms with van der Waals surface area (Å²) in [4.78, 5) is 23.1. The van der Waals surface area contributed by atoms with E-state index < -0.39 is 5.97 Å². The van der Waals surface area contributed by atoms with Gasteiger partial charge in [-0.3, -0.25) is 9.59 Å². The Balaban J connectivity index is 1.52. The molecule has 5 nitrogen and oxygen atoms in total. The molecule has 3 aromatic rings. The third kappa shape index (κ3) is 3.12. The number of fused-ring (bicyclic) bond motifs is 4. The van der Waals surface area contributed by atoms with E-state index in [9.17, 15) is 9.59 Å². The molecule has 1 amide bonds. The molecule has 0 aromatic heterocycles. The quantitative estimate of drug-likeness (QED) is 0.566. The number of anilines is 1. The zero-order chi connectivity index (χ0) is 20.7. The van der Waals surface area contributed by atoms with E-state index in [0.717, 1.165) is 17.7 Å². The summed E-state index contributed by atoms with van der Waals surface area (Å²) in [5.74, 6) is -0.840. The topological polar surface area (TPSA) is 78.4 Å². The van der Waals surface area contributed by atoms with Crippen molar-refractivity contribution in [2.24, 2.45) is 5.92 Å². The SMILES string of the molecule is O=C(O)CNC(=O)c1ccc2c(c1)C1C=CCC1C(c1cccc3ccccc13)N2. The number of aliphatic carboxylic acids is 1. The van der Waals surface area contributed by atoms with Crippen LogP contribution in [-0.4, -0.2) is 23.5 Å². The summed E-state index contributed by atoms with van der Waals surface area (Å²) in [7, 11) is 0. The number of rotatable bonds is 4. The second-order valence-corrected chi connectivity index (χ2v) is 7.92. The summed E-state index contributed by atoms with van der Waals surface area (Å²) in [6.45, 7) is -0.386. The highest BCUT2D eigenvalue weighted by atomic mass is 16.4. The number of amides is 1. The van der Waals surface area contributed by atoms with Gasteiger partial charge in [0.2, 0.25) is 0 Å². The summed E-state index contributed by atoms with van der Waals surface area (Å²) < 4.78 is 0. The van der Waals surface area contributed by atoms with Crippen LogP contribution in [0.15, 0.2) is 72.8 Å². The van der Waals surface area contributed by atoms with Crippen molar-refractivity contribution in [3.63, 3.8) is 0 Å². The maximum absolute atomic E-state index is 12.3. The molecule has 0 saturated carbocycles. The molecule has 3 aromatic carbocycles. The second kappa shape index (κ2) is 7.34. The van der Waals surface area contributed by atoms with Gasteiger partial charge in [-0.15, -0.1) is 0 Å². The Morgan fingerprint density at radius 3 is 2.73 bits per heavy atom. The number of hydrogen-bond acceptors (Lipinski definition) is 3. The molecule has 0 saturated heterocycles. The van der Waals surface area contributed by atoms with Crippen LogP contribution in [0.25, 0.3) is 10.8 Å². The van der Waals surface area contributed by atoms with Gasteiger partial charge in [0, 0.05) is 17.2 Å². The minimum absolute atomic E-state index is 0.176. The highest BCUT2D eigenvalue weighted by Crippen LogP contribution is 2.50. The second-order valence-electron chi connectivity index (χ2n) is 7.92. The van der Waals surface area contributed by atoms with E-state index in [1.807, 2.05) is 12.1 Å². The fourth-order valence-corrected chi connectivity index (χ4v) is 4.82. The molecule has 0 spiro atoms. The molecule has 150 valence electrons. The molecule has 2 aliphatic rings. The highest BCUT2D eigenvalue weighted by molar-refractivity contribution is 5.96. The van der Waals surface area contributed by atoms with Crippen LogP contribution < -0.4 is 10.6 Å². The smallest absolute Gasteiger partial charge is 0.322 e. The monoisotopic (exact) mass is 398 g/mol. The zero-order valence-corrected chi connectivity index (χ0v) is 16.3. The third-order valence-corrected chi connectivity index (χ3v) is 6.18. The lowest BCUT2D eigenvalue weighted by Gasteiger charge is -2.38. The van der Waals surface area contributed by atoms with Crippen molar-refractivity contribution in [2.75, 3.05) is 11.9 Å². The van der Waals surface area contributed by atoms with E-state index in [2.05, 4.69) is 65.3 Å². The van der Waals surface area contributed by atoms with Crippen molar-refractivity contribution in [1.82, 2.24) is 5.32 Å². The van der Waals surface area contributed by atoms with Crippen molar-refractivity contribution < 1.29 is 14.7 Å². The molecule has 3 N–H and O–H groups in total. The Labute approximate surface area is 174 Å². The van der Waals surface area contributed by atoms with Gasteiger partial charge in [-0.2, -0.15) is 0 Å². The summed E-state index contributed by atoms with van der Waals surface area (Å²) in [5, 5.41) is 17.5. The predicted molar refractivity (Wildman–Crippen MR) is 117 cm³/mol. The molecule has 0 radical (unpaired) electrons. The number of allylic oxidation sites excluding steroid dienone is 2. The normalized spacial score (nSPS) is 21.5. The van der Waals surface area contributed by atoms with E-state index >= 15 is 0 Å². The van der Waals surface area contributed by atoms with Crippen LogP contribution in [-0.2, 0) is 4.79 Å². The number of carboxylic acid groups (broad SMARTS) is 1. The van der Waals surface area contributed by atoms with Gasteiger partial charge in [0.25, 0.3) is 5.91 Å². The number of carbonyl (C=O) groups is 2. The first-order valence-corrected chi connectivity index (χ1v) is 10.2. The largest absolute Gasteiger partial charge is 0.480 e. The molecule has 1 aliphatic heterocycles. The van der Waals surface area contributed by atoms with Gasteiger partial charge in [-0.05, 0) is 52.4 Å². The van der Waals surface area contributed by atoms with Gasteiger partial charge >= 0.3 is 5.97 Å². The van der Waals surface area contributed by atoms with Gasteiger partial charge in [-0.25, -0.2) is 0 Å². The Bertz CT molecular complexity index is 1180. The van der Waals surface area contributed by atoms with Gasteiger partial charge in [-0.1, -0.05) is 54.6 Å². The third-order valence-electron chi connectivity index (χ3n) is 6.18. The molecule has 30 heavy (non-hydrogen) atoms. The Morgan fingerprint density at radius 2 is 1.87 bits per heavy atom. The number of carboxylic acids is 1. The van der Waals surface area contributed by atoms with Gasteiger partial charge in [0.1, 0.15) is 6.54 Å². The van der Waals surface area contributed by atoms with E-state index in [-0.39, 0.29) is 24.4 Å². The molecule has 0 fully saturated rings. The molecule has 3 atom stereocenters. The number of benzene rings is 3. The number of hydrogen-bond donors (Lipinski definition) is 3. The fourth-order valence-electron chi connectivity index (χ4n) is 4.82. The van der Waals surface area contributed by atoms with Crippen molar-refractivity contribution in [1.29, 1.82) is 0 Å². The van der Waals surface area contributed by atoms with E-state index in [1.54, 1.807) is 6.07 Å². The predicted octanol–water partition coefficient (Wildman–Crippen LogP) is 4.48. The van der Waals surface area contributed by atoms with E-state index in [1.165, 1.54) is 16.3 Å². The van der Waals surface area contributed by atoms with E-state index in [4.69, 9.17) is 5.11 Å². The summed E-state index contributed by atoms with van der Waals surface area (Å²) in [6, 6.07) is 20.7. The minimum atomic E-state index is -1.06. The van der Waals surface area contributed by atoms with Gasteiger partial charge in [0.15, 0.2) is 0 Å². The van der Waals surface area contributed by atoms with Crippen LogP contribution in [0.5, 0.6) is 0 Å². The van der Waals surface area contributed by atoms with E-state index in [0.29, 0.717) is 11.5 Å². The van der Waals surface area contributed by atoms with Crippen molar-refractivity contribution >= 4 is 28.3 Å². The van der Waals surface area contributed by atoms with Gasteiger partial charge < -0.3 is 15.7 Å². The zero-order valence-electron chi connectivity index (χ0n) is 16.3. The fraction of sp³-hybridized carbons (Fsp3) is 0.200. The van der Waals surface area contributed by atoms with Gasteiger partial charge in [0.05, 0.1) is 6.04 Å². The Hall–Kier alpha value is -3.60. The van der Waals surface area contributed by atoms with Crippen LogP contribution in [0.3, 0.4) is 0 Å². The lowest BCUT2D eigenvalue weighted by Crippen LogP contribution is -2.31. The first-order chi connectivity index (χ1) is 14.6. The summed E-state index contributed by atoms with van der Waals surface area (Å²) >= 11 is 0. The van der Waals surface area contributed by atoms with Crippen molar-refractivity contribution in [3.8, 4) is 0 Å². The molecule has 0 bridgehead atoms. The van der Waals surface area contributed by atoms with Crippen LogP contribution >= 0.6 is 0 Å². The maximum atomic E-state index is 12.3. The first kappa shape index (κ1) is 18.4. The van der Waals surface area contributed by atoms with Crippen molar-refractivity contribution in [3.05, 3.63) is 89.5 Å². The molecular weight excluding hydrogens is 376 g/mol. The molecular formula is C25H22N2O3. The molecule has 5 rings (SSSR count). The lowest BCUT2D eigenvalue weighted by molar-refractivity contribution is -0.135. The Kier molecular flexibility index (Phi) is 4.51. The number of nitrogens with one attached hydrogen (secondary N) is 2. The lowest BCUT2D eigenvalue weighted by atomic mass is 9.76. The average Bonchev–Trinajstić information content (AvgIpc) is 3.26. The molecule has 1 aliphatic carbocycles. The van der Waals surface area contributed by atoms with Crippen LogP contribution in [0.4, 0.5) is 5.69 Å². The average molecular weight is 398 g/mol.